The van der Waals surface area contributed by atoms with Gasteiger partial charge < -0.3 is 9.26 Å². The van der Waals surface area contributed by atoms with Gasteiger partial charge in [-0.15, -0.1) is 0 Å². The second-order valence-electron chi connectivity index (χ2n) is 3.39. The fraction of sp³-hybridized carbons (Fsp3) is 0.0909. The van der Waals surface area contributed by atoms with Gasteiger partial charge in [-0.05, 0) is 12.1 Å². The lowest BCUT2D eigenvalue weighted by molar-refractivity contribution is -0.384. The van der Waals surface area contributed by atoms with Crippen molar-refractivity contribution in [1.82, 2.24) is 5.16 Å². The third-order valence-electron chi connectivity index (χ3n) is 2.36. The molecule has 0 saturated carbocycles. The van der Waals surface area contributed by atoms with E-state index in [-0.39, 0.29) is 11.3 Å². The lowest BCUT2D eigenvalue weighted by Crippen LogP contribution is -2.02. The summed E-state index contributed by atoms with van der Waals surface area (Å²) in [7, 11) is 1.21. The van der Waals surface area contributed by atoms with Crippen molar-refractivity contribution in [3.05, 3.63) is 46.3 Å². The maximum absolute atomic E-state index is 11.3. The summed E-state index contributed by atoms with van der Waals surface area (Å²) in [6, 6.07) is 4.06. The molecule has 7 nitrogen and oxygen atoms in total. The number of ether oxygens (including phenoxy) is 1. The minimum absolute atomic E-state index is 0.115. The van der Waals surface area contributed by atoms with Crippen molar-refractivity contribution in [2.45, 2.75) is 0 Å². The van der Waals surface area contributed by atoms with Crippen molar-refractivity contribution in [1.29, 1.82) is 0 Å². The van der Waals surface area contributed by atoms with Crippen LogP contribution in [-0.2, 0) is 4.74 Å². The number of benzene rings is 1. The number of rotatable bonds is 3. The van der Waals surface area contributed by atoms with Crippen LogP contribution in [0.15, 0.2) is 35.2 Å². The Morgan fingerprint density at radius 2 is 2.28 bits per heavy atom. The minimum Gasteiger partial charge on any atom is -0.465 e. The van der Waals surface area contributed by atoms with Gasteiger partial charge in [0, 0.05) is 11.6 Å². The highest BCUT2D eigenvalue weighted by molar-refractivity contribution is 5.91. The van der Waals surface area contributed by atoms with E-state index < -0.39 is 10.9 Å². The molecule has 0 radical (unpaired) electrons. The van der Waals surface area contributed by atoms with Crippen molar-refractivity contribution in [2.24, 2.45) is 0 Å². The number of methoxy groups -OCH3 is 1. The van der Waals surface area contributed by atoms with E-state index in [1.165, 1.54) is 31.7 Å². The van der Waals surface area contributed by atoms with Gasteiger partial charge in [0.25, 0.3) is 5.69 Å². The van der Waals surface area contributed by atoms with Crippen LogP contribution in [-0.4, -0.2) is 23.2 Å². The van der Waals surface area contributed by atoms with Crippen molar-refractivity contribution >= 4 is 11.7 Å². The molecule has 0 spiro atoms. The molecule has 0 saturated heterocycles. The van der Waals surface area contributed by atoms with E-state index in [0.29, 0.717) is 11.1 Å². The number of aromatic nitrogens is 1. The number of nitro benzene ring substituents is 1. The van der Waals surface area contributed by atoms with Crippen LogP contribution in [0.25, 0.3) is 11.1 Å². The highest BCUT2D eigenvalue weighted by Crippen LogP contribution is 2.30. The Morgan fingerprint density at radius 1 is 1.50 bits per heavy atom. The normalized spacial score (nSPS) is 10.1. The maximum atomic E-state index is 11.3. The Balaban J connectivity index is 2.55. The SMILES string of the molecule is COC(=O)c1ccc(-c2cnoc2)c([N+](=O)[O-])c1. The van der Waals surface area contributed by atoms with Crippen molar-refractivity contribution in [2.75, 3.05) is 7.11 Å². The minimum atomic E-state index is -0.630. The van der Waals surface area contributed by atoms with Crippen LogP contribution >= 0.6 is 0 Å². The zero-order valence-electron chi connectivity index (χ0n) is 9.32. The molecule has 0 aliphatic heterocycles. The lowest BCUT2D eigenvalue weighted by atomic mass is 10.0. The zero-order chi connectivity index (χ0) is 13.1. The van der Waals surface area contributed by atoms with Crippen LogP contribution in [0.4, 0.5) is 5.69 Å². The third kappa shape index (κ3) is 2.05. The third-order valence-corrected chi connectivity index (χ3v) is 2.36. The van der Waals surface area contributed by atoms with Crippen LogP contribution in [0.2, 0.25) is 0 Å². The van der Waals surface area contributed by atoms with Gasteiger partial charge in [0.05, 0.1) is 29.4 Å². The summed E-state index contributed by atoms with van der Waals surface area (Å²) in [6.45, 7) is 0. The standard InChI is InChI=1S/C11H8N2O5/c1-17-11(14)7-2-3-9(8-5-12-18-6-8)10(4-7)13(15)16/h2-6H,1H3. The second-order valence-corrected chi connectivity index (χ2v) is 3.39. The summed E-state index contributed by atoms with van der Waals surface area (Å²) in [5.74, 6) is -0.630. The largest absolute Gasteiger partial charge is 0.465 e. The van der Waals surface area contributed by atoms with Gasteiger partial charge in [0.15, 0.2) is 0 Å². The fourth-order valence-electron chi connectivity index (χ4n) is 1.51. The highest BCUT2D eigenvalue weighted by Gasteiger charge is 2.19. The predicted molar refractivity (Wildman–Crippen MR) is 59.9 cm³/mol. The molecule has 18 heavy (non-hydrogen) atoms. The fourth-order valence-corrected chi connectivity index (χ4v) is 1.51. The van der Waals surface area contributed by atoms with E-state index in [9.17, 15) is 14.9 Å². The molecule has 0 N–H and O–H groups in total. The molecule has 2 aromatic rings. The molecule has 0 unspecified atom stereocenters. The van der Waals surface area contributed by atoms with Crippen molar-refractivity contribution < 1.29 is 19.0 Å². The molecule has 0 amide bonds. The first-order chi connectivity index (χ1) is 8.63. The molecule has 0 bridgehead atoms. The van der Waals surface area contributed by atoms with Crippen LogP contribution in [0, 0.1) is 10.1 Å². The monoisotopic (exact) mass is 248 g/mol. The van der Waals surface area contributed by atoms with Gasteiger partial charge in [-0.1, -0.05) is 5.16 Å². The van der Waals surface area contributed by atoms with E-state index in [0.717, 1.165) is 6.07 Å². The molecule has 7 heteroatoms. The van der Waals surface area contributed by atoms with Gasteiger partial charge in [0.1, 0.15) is 6.26 Å². The molecule has 1 aromatic carbocycles. The van der Waals surface area contributed by atoms with Gasteiger partial charge in [-0.3, -0.25) is 10.1 Å². The van der Waals surface area contributed by atoms with Crippen LogP contribution in [0.3, 0.4) is 0 Å². The number of carbonyl (C=O) groups excluding carboxylic acids is 1. The first-order valence-electron chi connectivity index (χ1n) is 4.90. The van der Waals surface area contributed by atoms with Gasteiger partial charge in [-0.2, -0.15) is 0 Å². The number of hydrogen-bond acceptors (Lipinski definition) is 6. The molecular formula is C11H8N2O5. The topological polar surface area (TPSA) is 95.5 Å². The van der Waals surface area contributed by atoms with E-state index in [1.54, 1.807) is 0 Å². The van der Waals surface area contributed by atoms with E-state index >= 15 is 0 Å². The van der Waals surface area contributed by atoms with Crippen LogP contribution in [0.5, 0.6) is 0 Å². The van der Waals surface area contributed by atoms with E-state index in [1.807, 2.05) is 0 Å². The summed E-state index contributed by atoms with van der Waals surface area (Å²) in [5, 5.41) is 14.5. The Labute approximate surface area is 101 Å². The number of nitro groups is 1. The van der Waals surface area contributed by atoms with Gasteiger partial charge in [-0.25, -0.2) is 4.79 Å². The summed E-state index contributed by atoms with van der Waals surface area (Å²) < 4.78 is 9.15. The van der Waals surface area contributed by atoms with Crippen molar-refractivity contribution in [3.8, 4) is 11.1 Å². The van der Waals surface area contributed by atoms with E-state index in [4.69, 9.17) is 0 Å². The molecule has 1 aromatic heterocycles. The summed E-state index contributed by atoms with van der Waals surface area (Å²) in [6.07, 6.45) is 2.65. The maximum Gasteiger partial charge on any atom is 0.338 e. The number of esters is 1. The smallest absolute Gasteiger partial charge is 0.338 e. The Morgan fingerprint density at radius 3 is 2.83 bits per heavy atom. The van der Waals surface area contributed by atoms with E-state index in [2.05, 4.69) is 14.4 Å². The zero-order valence-corrected chi connectivity index (χ0v) is 9.32. The van der Waals surface area contributed by atoms with Gasteiger partial charge >= 0.3 is 5.97 Å². The first kappa shape index (κ1) is 11.8. The molecule has 92 valence electrons. The first-order valence-corrected chi connectivity index (χ1v) is 4.90. The number of hydrogen-bond donors (Lipinski definition) is 0. The molecule has 1 heterocycles. The Hall–Kier alpha value is -2.70. The Kier molecular flexibility index (Phi) is 3.05. The molecule has 0 aliphatic carbocycles. The quantitative estimate of drug-likeness (QED) is 0.468. The molecule has 0 fully saturated rings. The van der Waals surface area contributed by atoms with Crippen LogP contribution < -0.4 is 0 Å². The molecule has 0 atom stereocenters. The Bertz CT molecular complexity index is 591. The summed E-state index contributed by atoms with van der Waals surface area (Å²) in [5.41, 5.74) is 0.706. The average molecular weight is 248 g/mol. The molecule has 0 aliphatic rings. The van der Waals surface area contributed by atoms with Crippen LogP contribution in [0.1, 0.15) is 10.4 Å². The van der Waals surface area contributed by atoms with Gasteiger partial charge in [0.2, 0.25) is 0 Å². The molecular weight excluding hydrogens is 240 g/mol. The van der Waals surface area contributed by atoms with Crippen molar-refractivity contribution in [3.63, 3.8) is 0 Å². The average Bonchev–Trinajstić information content (AvgIpc) is 2.90. The highest BCUT2D eigenvalue weighted by atomic mass is 16.6. The summed E-state index contributed by atoms with van der Waals surface area (Å²) in [4.78, 5) is 21.7. The summed E-state index contributed by atoms with van der Waals surface area (Å²) >= 11 is 0. The second kappa shape index (κ2) is 4.66. The number of carbonyl (C=O) groups is 1. The predicted octanol–water partition coefficient (Wildman–Crippen LogP) is 2.04. The molecule has 2 rings (SSSR count). The number of nitrogens with zero attached hydrogens (tertiary/aromatic N) is 2. The lowest BCUT2D eigenvalue weighted by Gasteiger charge is -2.02.